The molecule has 0 radical (unpaired) electrons. The highest BCUT2D eigenvalue weighted by Crippen LogP contribution is 2.30. The van der Waals surface area contributed by atoms with Crippen molar-refractivity contribution in [2.45, 2.75) is 25.6 Å². The van der Waals surface area contributed by atoms with Gasteiger partial charge in [-0.2, -0.15) is 13.2 Å². The second kappa shape index (κ2) is 7.65. The highest BCUT2D eigenvalue weighted by Gasteiger charge is 2.37. The molecule has 2 heterocycles. The highest BCUT2D eigenvalue weighted by atomic mass is 19.4. The van der Waals surface area contributed by atoms with Gasteiger partial charge in [0.05, 0.1) is 11.5 Å². The van der Waals surface area contributed by atoms with Gasteiger partial charge in [-0.1, -0.05) is 12.1 Å². The van der Waals surface area contributed by atoms with Crippen LogP contribution in [-0.4, -0.2) is 54.3 Å². The molecule has 8 heteroatoms. The van der Waals surface area contributed by atoms with E-state index in [0.29, 0.717) is 18.7 Å². The quantitative estimate of drug-likeness (QED) is 0.885. The van der Waals surface area contributed by atoms with E-state index >= 15 is 0 Å². The molecule has 26 heavy (non-hydrogen) atoms. The maximum atomic E-state index is 12.8. The number of nitrogens with one attached hydrogen (secondary N) is 1. The SMILES string of the molecule is O=C1CC(C(=O)N2CCCNCC2)CN1Cc1cccc(C(F)(F)F)c1. The molecule has 2 aliphatic heterocycles. The largest absolute Gasteiger partial charge is 0.416 e. The van der Waals surface area contributed by atoms with Crippen LogP contribution in [0.25, 0.3) is 0 Å². The van der Waals surface area contributed by atoms with E-state index in [4.69, 9.17) is 0 Å². The van der Waals surface area contributed by atoms with Gasteiger partial charge in [0.1, 0.15) is 0 Å². The third kappa shape index (κ3) is 4.35. The van der Waals surface area contributed by atoms with Crippen molar-refractivity contribution in [2.24, 2.45) is 5.92 Å². The molecular formula is C18H22F3N3O2. The van der Waals surface area contributed by atoms with E-state index in [0.717, 1.165) is 31.6 Å². The number of carbonyl (C=O) groups excluding carboxylic acids is 2. The number of rotatable bonds is 3. The first-order valence-corrected chi connectivity index (χ1v) is 8.78. The summed E-state index contributed by atoms with van der Waals surface area (Å²) in [6.07, 6.45) is -3.41. The van der Waals surface area contributed by atoms with Gasteiger partial charge in [-0.25, -0.2) is 0 Å². The number of likely N-dealkylation sites (tertiary alicyclic amines) is 1. The Bertz CT molecular complexity index is 670. The Morgan fingerprint density at radius 1 is 1.23 bits per heavy atom. The number of alkyl halides is 3. The molecule has 2 saturated heterocycles. The molecule has 0 aliphatic carbocycles. The second-order valence-electron chi connectivity index (χ2n) is 6.80. The minimum Gasteiger partial charge on any atom is -0.341 e. The molecule has 0 spiro atoms. The fourth-order valence-electron chi connectivity index (χ4n) is 3.48. The average molecular weight is 369 g/mol. The monoisotopic (exact) mass is 369 g/mol. The van der Waals surface area contributed by atoms with E-state index in [1.54, 1.807) is 11.0 Å². The topological polar surface area (TPSA) is 52.7 Å². The van der Waals surface area contributed by atoms with Crippen LogP contribution in [0.15, 0.2) is 24.3 Å². The van der Waals surface area contributed by atoms with E-state index in [1.807, 2.05) is 0 Å². The summed E-state index contributed by atoms with van der Waals surface area (Å²) in [7, 11) is 0. The normalized spacial score (nSPS) is 21.8. The smallest absolute Gasteiger partial charge is 0.341 e. The summed E-state index contributed by atoms with van der Waals surface area (Å²) in [5, 5.41) is 3.23. The Kier molecular flexibility index (Phi) is 5.50. The molecule has 0 saturated carbocycles. The lowest BCUT2D eigenvalue weighted by atomic mass is 10.1. The van der Waals surface area contributed by atoms with E-state index in [2.05, 4.69) is 5.32 Å². The first kappa shape index (κ1) is 18.7. The van der Waals surface area contributed by atoms with E-state index in [1.165, 1.54) is 11.0 Å². The molecule has 2 aliphatic rings. The highest BCUT2D eigenvalue weighted by molar-refractivity contribution is 5.89. The van der Waals surface area contributed by atoms with Crippen LogP contribution in [0.1, 0.15) is 24.0 Å². The van der Waals surface area contributed by atoms with Crippen LogP contribution in [0.4, 0.5) is 13.2 Å². The van der Waals surface area contributed by atoms with Crippen LogP contribution in [0, 0.1) is 5.92 Å². The zero-order valence-electron chi connectivity index (χ0n) is 14.4. The van der Waals surface area contributed by atoms with Crippen molar-refractivity contribution in [3.8, 4) is 0 Å². The third-order valence-electron chi connectivity index (χ3n) is 4.84. The Balaban J connectivity index is 1.64. The van der Waals surface area contributed by atoms with E-state index < -0.39 is 17.7 Å². The van der Waals surface area contributed by atoms with Crippen molar-refractivity contribution >= 4 is 11.8 Å². The van der Waals surface area contributed by atoms with Crippen LogP contribution >= 0.6 is 0 Å². The van der Waals surface area contributed by atoms with Crippen molar-refractivity contribution in [1.29, 1.82) is 0 Å². The summed E-state index contributed by atoms with van der Waals surface area (Å²) >= 11 is 0. The molecule has 1 N–H and O–H groups in total. The summed E-state index contributed by atoms with van der Waals surface area (Å²) in [6, 6.07) is 4.97. The number of benzene rings is 1. The number of halogens is 3. The minimum absolute atomic E-state index is 0.0337. The number of carbonyl (C=O) groups is 2. The number of nitrogens with zero attached hydrogens (tertiary/aromatic N) is 2. The van der Waals surface area contributed by atoms with E-state index in [9.17, 15) is 22.8 Å². The predicted molar refractivity (Wildman–Crippen MR) is 89.0 cm³/mol. The van der Waals surface area contributed by atoms with Crippen molar-refractivity contribution in [3.05, 3.63) is 35.4 Å². The molecule has 5 nitrogen and oxygen atoms in total. The third-order valence-corrected chi connectivity index (χ3v) is 4.84. The van der Waals surface area contributed by atoms with Gasteiger partial charge in [0, 0.05) is 39.1 Å². The number of amides is 2. The molecule has 1 unspecified atom stereocenters. The summed E-state index contributed by atoms with van der Waals surface area (Å²) in [4.78, 5) is 28.2. The van der Waals surface area contributed by atoms with Gasteiger partial charge in [0.2, 0.25) is 11.8 Å². The maximum Gasteiger partial charge on any atom is 0.416 e. The lowest BCUT2D eigenvalue weighted by Crippen LogP contribution is -2.39. The molecular weight excluding hydrogens is 347 g/mol. The molecule has 1 aromatic carbocycles. The van der Waals surface area contributed by atoms with Gasteiger partial charge in [-0.05, 0) is 30.7 Å². The zero-order valence-corrected chi connectivity index (χ0v) is 14.4. The number of hydrogen-bond donors (Lipinski definition) is 1. The lowest BCUT2D eigenvalue weighted by molar-refractivity contribution is -0.137. The Labute approximate surface area is 150 Å². The van der Waals surface area contributed by atoms with Crippen molar-refractivity contribution < 1.29 is 22.8 Å². The minimum atomic E-state index is -4.41. The fourth-order valence-corrected chi connectivity index (χ4v) is 3.48. The van der Waals surface area contributed by atoms with Gasteiger partial charge >= 0.3 is 6.18 Å². The molecule has 0 bridgehead atoms. The molecule has 2 fully saturated rings. The molecule has 142 valence electrons. The van der Waals surface area contributed by atoms with Gasteiger partial charge in [0.25, 0.3) is 0 Å². The van der Waals surface area contributed by atoms with Crippen LogP contribution in [0.3, 0.4) is 0 Å². The standard InChI is InChI=1S/C18H22F3N3O2/c19-18(20,21)15-4-1-3-13(9-15)11-24-12-14(10-16(24)25)17(26)23-7-2-5-22-6-8-23/h1,3-4,9,14,22H,2,5-8,10-12H2. The van der Waals surface area contributed by atoms with Gasteiger partial charge in [0.15, 0.2) is 0 Å². The van der Waals surface area contributed by atoms with Crippen LogP contribution in [-0.2, 0) is 22.3 Å². The molecule has 1 aromatic rings. The summed E-state index contributed by atoms with van der Waals surface area (Å²) in [5.41, 5.74) is -0.313. The Hall–Kier alpha value is -2.09. The first-order valence-electron chi connectivity index (χ1n) is 8.78. The molecule has 1 atom stereocenters. The average Bonchev–Trinajstić information content (AvgIpc) is 2.80. The van der Waals surface area contributed by atoms with Crippen LogP contribution in [0.2, 0.25) is 0 Å². The Morgan fingerprint density at radius 3 is 2.81 bits per heavy atom. The van der Waals surface area contributed by atoms with Gasteiger partial charge in [-0.15, -0.1) is 0 Å². The summed E-state index contributed by atoms with van der Waals surface area (Å²) in [5.74, 6) is -0.631. The zero-order chi connectivity index (χ0) is 18.7. The maximum absolute atomic E-state index is 12.8. The molecule has 0 aromatic heterocycles. The van der Waals surface area contributed by atoms with Crippen LogP contribution in [0.5, 0.6) is 0 Å². The van der Waals surface area contributed by atoms with Crippen molar-refractivity contribution in [3.63, 3.8) is 0 Å². The lowest BCUT2D eigenvalue weighted by Gasteiger charge is -2.23. The fraction of sp³-hybridized carbons (Fsp3) is 0.556. The molecule has 2 amide bonds. The van der Waals surface area contributed by atoms with Crippen molar-refractivity contribution in [2.75, 3.05) is 32.7 Å². The van der Waals surface area contributed by atoms with Crippen LogP contribution < -0.4 is 5.32 Å². The van der Waals surface area contributed by atoms with E-state index in [-0.39, 0.29) is 31.3 Å². The summed E-state index contributed by atoms with van der Waals surface area (Å²) < 4.78 is 38.5. The van der Waals surface area contributed by atoms with Gasteiger partial charge in [-0.3, -0.25) is 9.59 Å². The van der Waals surface area contributed by atoms with Gasteiger partial charge < -0.3 is 15.1 Å². The predicted octanol–water partition coefficient (Wildman–Crippen LogP) is 1.88. The Morgan fingerprint density at radius 2 is 2.04 bits per heavy atom. The summed E-state index contributed by atoms with van der Waals surface area (Å²) in [6.45, 7) is 3.25. The second-order valence-corrected chi connectivity index (χ2v) is 6.80. The van der Waals surface area contributed by atoms with Crippen molar-refractivity contribution in [1.82, 2.24) is 15.1 Å². The first-order chi connectivity index (χ1) is 12.3. The molecule has 3 rings (SSSR count). The number of hydrogen-bond acceptors (Lipinski definition) is 3.